The van der Waals surface area contributed by atoms with Gasteiger partial charge < -0.3 is 15.8 Å². The van der Waals surface area contributed by atoms with E-state index < -0.39 is 11.9 Å². The Kier molecular flexibility index (Phi) is 6.57. The second kappa shape index (κ2) is 9.30. The minimum Gasteiger partial charge on any atom is -0.452 e. The van der Waals surface area contributed by atoms with Gasteiger partial charge in [-0.05, 0) is 79.6 Å². The standard InChI is InChI=1S/C23H22N2O3S/c1-15-3-4-16(2)21(13-15)29-20-11-9-19(10-12-20)25-22(26)14-28-23(27)17-5-7-18(24)8-6-17/h3-13H,14,24H2,1-2H3,(H,25,26). The molecule has 3 N–H and O–H groups in total. The van der Waals surface area contributed by atoms with Crippen LogP contribution in [0.3, 0.4) is 0 Å². The van der Waals surface area contributed by atoms with Gasteiger partial charge in [0.25, 0.3) is 5.91 Å². The first-order valence-corrected chi connectivity index (χ1v) is 9.90. The number of amides is 1. The van der Waals surface area contributed by atoms with Crippen LogP contribution < -0.4 is 11.1 Å². The highest BCUT2D eigenvalue weighted by molar-refractivity contribution is 7.99. The van der Waals surface area contributed by atoms with Gasteiger partial charge in [-0.3, -0.25) is 4.79 Å². The summed E-state index contributed by atoms with van der Waals surface area (Å²) in [5, 5.41) is 2.72. The topological polar surface area (TPSA) is 81.4 Å². The van der Waals surface area contributed by atoms with E-state index in [0.717, 1.165) is 4.90 Å². The molecule has 5 nitrogen and oxygen atoms in total. The molecular formula is C23H22N2O3S. The first kappa shape index (κ1) is 20.5. The summed E-state index contributed by atoms with van der Waals surface area (Å²) in [6.45, 7) is 3.80. The van der Waals surface area contributed by atoms with Gasteiger partial charge in [0.15, 0.2) is 6.61 Å². The highest BCUT2D eigenvalue weighted by atomic mass is 32.2. The highest BCUT2D eigenvalue weighted by Gasteiger charge is 2.10. The summed E-state index contributed by atoms with van der Waals surface area (Å²) in [4.78, 5) is 26.3. The highest BCUT2D eigenvalue weighted by Crippen LogP contribution is 2.31. The Labute approximate surface area is 174 Å². The van der Waals surface area contributed by atoms with Crippen LogP contribution >= 0.6 is 11.8 Å². The molecule has 0 atom stereocenters. The van der Waals surface area contributed by atoms with Crippen molar-refractivity contribution in [2.24, 2.45) is 0 Å². The molecule has 0 heterocycles. The fraction of sp³-hybridized carbons (Fsp3) is 0.130. The van der Waals surface area contributed by atoms with Crippen LogP contribution in [0.15, 0.2) is 76.5 Å². The Hall–Kier alpha value is -3.25. The summed E-state index contributed by atoms with van der Waals surface area (Å²) in [5.74, 6) is -0.968. The molecule has 29 heavy (non-hydrogen) atoms. The van der Waals surface area contributed by atoms with Crippen molar-refractivity contribution in [1.29, 1.82) is 0 Å². The number of hydrogen-bond acceptors (Lipinski definition) is 5. The zero-order chi connectivity index (χ0) is 20.8. The Bertz CT molecular complexity index is 1020. The maximum Gasteiger partial charge on any atom is 0.338 e. The van der Waals surface area contributed by atoms with Crippen molar-refractivity contribution in [3.8, 4) is 0 Å². The predicted octanol–water partition coefficient (Wildman–Crippen LogP) is 4.83. The van der Waals surface area contributed by atoms with Crippen LogP contribution in [-0.2, 0) is 9.53 Å². The van der Waals surface area contributed by atoms with Crippen LogP contribution in [0.25, 0.3) is 0 Å². The predicted molar refractivity (Wildman–Crippen MR) is 116 cm³/mol. The normalized spacial score (nSPS) is 10.4. The van der Waals surface area contributed by atoms with Gasteiger partial charge in [0.2, 0.25) is 0 Å². The van der Waals surface area contributed by atoms with E-state index in [9.17, 15) is 9.59 Å². The molecule has 0 aromatic heterocycles. The number of hydrogen-bond donors (Lipinski definition) is 2. The van der Waals surface area contributed by atoms with E-state index >= 15 is 0 Å². The number of nitrogens with one attached hydrogen (secondary N) is 1. The van der Waals surface area contributed by atoms with Crippen molar-refractivity contribution in [3.05, 3.63) is 83.4 Å². The quantitative estimate of drug-likeness (QED) is 0.452. The Morgan fingerprint density at radius 3 is 2.34 bits per heavy atom. The number of rotatable bonds is 6. The van der Waals surface area contributed by atoms with Crippen molar-refractivity contribution in [3.63, 3.8) is 0 Å². The SMILES string of the molecule is Cc1ccc(C)c(Sc2ccc(NC(=O)COC(=O)c3ccc(N)cc3)cc2)c1. The van der Waals surface area contributed by atoms with Crippen LogP contribution in [-0.4, -0.2) is 18.5 Å². The van der Waals surface area contributed by atoms with Gasteiger partial charge in [-0.15, -0.1) is 0 Å². The van der Waals surface area contributed by atoms with Crippen LogP contribution in [0.5, 0.6) is 0 Å². The van der Waals surface area contributed by atoms with E-state index in [0.29, 0.717) is 16.9 Å². The molecule has 0 spiro atoms. The Morgan fingerprint density at radius 1 is 0.966 bits per heavy atom. The lowest BCUT2D eigenvalue weighted by Gasteiger charge is -2.09. The molecule has 148 valence electrons. The van der Waals surface area contributed by atoms with Crippen LogP contribution in [0.4, 0.5) is 11.4 Å². The molecule has 3 aromatic carbocycles. The van der Waals surface area contributed by atoms with Crippen molar-refractivity contribution >= 4 is 35.0 Å². The molecule has 0 aliphatic rings. The first-order valence-electron chi connectivity index (χ1n) is 9.08. The number of carbonyl (C=O) groups excluding carboxylic acids is 2. The van der Waals surface area contributed by atoms with Crippen LogP contribution in [0.1, 0.15) is 21.5 Å². The summed E-state index contributed by atoms with van der Waals surface area (Å²) in [5.41, 5.74) is 9.57. The average molecular weight is 407 g/mol. The largest absolute Gasteiger partial charge is 0.452 e. The van der Waals surface area contributed by atoms with Crippen molar-refractivity contribution in [1.82, 2.24) is 0 Å². The molecule has 3 rings (SSSR count). The van der Waals surface area contributed by atoms with Gasteiger partial charge in [0, 0.05) is 21.2 Å². The van der Waals surface area contributed by atoms with E-state index in [1.54, 1.807) is 36.0 Å². The second-order valence-corrected chi connectivity index (χ2v) is 7.76. The molecule has 0 saturated heterocycles. The third kappa shape index (κ3) is 5.86. The lowest BCUT2D eigenvalue weighted by atomic mass is 10.2. The maximum atomic E-state index is 12.0. The van der Waals surface area contributed by atoms with Gasteiger partial charge in [0.1, 0.15) is 0 Å². The monoisotopic (exact) mass is 406 g/mol. The van der Waals surface area contributed by atoms with Gasteiger partial charge in [-0.1, -0.05) is 23.9 Å². The molecule has 6 heteroatoms. The van der Waals surface area contributed by atoms with Gasteiger partial charge in [-0.25, -0.2) is 4.79 Å². The molecule has 0 unspecified atom stereocenters. The molecular weight excluding hydrogens is 384 g/mol. The summed E-state index contributed by atoms with van der Waals surface area (Å²) in [6.07, 6.45) is 0. The fourth-order valence-corrected chi connectivity index (χ4v) is 3.58. The number of ether oxygens (including phenoxy) is 1. The molecule has 1 amide bonds. The van der Waals surface area contributed by atoms with Gasteiger partial charge >= 0.3 is 5.97 Å². The minimum absolute atomic E-state index is 0.347. The third-order valence-electron chi connectivity index (χ3n) is 4.19. The molecule has 0 fully saturated rings. The summed E-state index contributed by atoms with van der Waals surface area (Å²) in [6, 6.07) is 20.2. The molecule has 0 bridgehead atoms. The van der Waals surface area contributed by atoms with Gasteiger partial charge in [0.05, 0.1) is 5.56 Å². The Balaban J connectivity index is 1.52. The lowest BCUT2D eigenvalue weighted by molar-refractivity contribution is -0.119. The fourth-order valence-electron chi connectivity index (χ4n) is 2.58. The van der Waals surface area contributed by atoms with E-state index in [2.05, 4.69) is 37.4 Å². The summed E-state index contributed by atoms with van der Waals surface area (Å²) in [7, 11) is 0. The van der Waals surface area contributed by atoms with Crippen LogP contribution in [0.2, 0.25) is 0 Å². The van der Waals surface area contributed by atoms with Crippen LogP contribution in [0, 0.1) is 13.8 Å². The second-order valence-electron chi connectivity index (χ2n) is 6.64. The minimum atomic E-state index is -0.569. The first-order chi connectivity index (χ1) is 13.9. The number of benzene rings is 3. The zero-order valence-electron chi connectivity index (χ0n) is 16.3. The smallest absolute Gasteiger partial charge is 0.338 e. The molecule has 0 saturated carbocycles. The number of carbonyl (C=O) groups is 2. The van der Waals surface area contributed by atoms with Gasteiger partial charge in [-0.2, -0.15) is 0 Å². The van der Waals surface area contributed by atoms with Crippen molar-refractivity contribution in [2.75, 3.05) is 17.7 Å². The molecule has 3 aromatic rings. The Morgan fingerprint density at radius 2 is 1.66 bits per heavy atom. The van der Waals surface area contributed by atoms with Crippen molar-refractivity contribution < 1.29 is 14.3 Å². The summed E-state index contributed by atoms with van der Waals surface area (Å²) < 4.78 is 5.03. The van der Waals surface area contributed by atoms with Crippen molar-refractivity contribution in [2.45, 2.75) is 23.6 Å². The molecule has 0 aliphatic carbocycles. The maximum absolute atomic E-state index is 12.0. The van der Waals surface area contributed by atoms with E-state index in [1.165, 1.54) is 16.0 Å². The number of nitrogen functional groups attached to an aromatic ring is 1. The molecule has 0 radical (unpaired) electrons. The lowest BCUT2D eigenvalue weighted by Crippen LogP contribution is -2.20. The van der Waals surface area contributed by atoms with E-state index in [4.69, 9.17) is 10.5 Å². The number of anilines is 2. The number of aryl methyl sites for hydroxylation is 2. The summed E-state index contributed by atoms with van der Waals surface area (Å²) >= 11 is 1.68. The average Bonchev–Trinajstić information content (AvgIpc) is 2.71. The van der Waals surface area contributed by atoms with E-state index in [-0.39, 0.29) is 6.61 Å². The third-order valence-corrected chi connectivity index (χ3v) is 5.36. The number of esters is 1. The molecule has 0 aliphatic heterocycles. The zero-order valence-corrected chi connectivity index (χ0v) is 17.1. The number of nitrogens with two attached hydrogens (primary N) is 1. The van der Waals surface area contributed by atoms with E-state index in [1.807, 2.05) is 24.3 Å².